The maximum Gasteiger partial charge on any atom is 0.310 e. The van der Waals surface area contributed by atoms with Gasteiger partial charge < -0.3 is 4.52 Å². The molecule has 2 aromatic heterocycles. The highest BCUT2D eigenvalue weighted by atomic mass is 16.5. The molecular weight excluding hydrogens is 146 g/mol. The summed E-state index contributed by atoms with van der Waals surface area (Å²) in [5.74, 6) is 0. The van der Waals surface area contributed by atoms with Gasteiger partial charge in [-0.2, -0.15) is 5.10 Å². The van der Waals surface area contributed by atoms with E-state index in [0.717, 1.165) is 0 Å². The van der Waals surface area contributed by atoms with Crippen LogP contribution in [0.25, 0.3) is 11.0 Å². The molecule has 0 amide bonds. The van der Waals surface area contributed by atoms with E-state index in [1.165, 1.54) is 6.20 Å². The highest BCUT2D eigenvalue weighted by Gasteiger charge is 2.06. The second kappa shape index (κ2) is 1.91. The minimum absolute atomic E-state index is 0.234. The minimum atomic E-state index is -0.344. The van der Waals surface area contributed by atoms with E-state index in [4.69, 9.17) is 4.52 Å². The molecule has 0 spiro atoms. The zero-order valence-corrected chi connectivity index (χ0v) is 5.79. The van der Waals surface area contributed by atoms with E-state index in [2.05, 4.69) is 15.4 Å². The highest BCUT2D eigenvalue weighted by molar-refractivity contribution is 5.76. The topological polar surface area (TPSA) is 71.8 Å². The third-order valence-electron chi connectivity index (χ3n) is 1.47. The number of hydrogen-bond donors (Lipinski definition) is 1. The lowest BCUT2D eigenvalue weighted by Crippen LogP contribution is -2.05. The molecule has 11 heavy (non-hydrogen) atoms. The molecular formula is C6H5N3O2. The SMILES string of the molecule is Cc1noc2c(=O)[nH]ncc12. The summed E-state index contributed by atoms with van der Waals surface area (Å²) < 4.78 is 4.75. The molecule has 0 aliphatic heterocycles. The van der Waals surface area contributed by atoms with Crippen molar-refractivity contribution in [3.63, 3.8) is 0 Å². The van der Waals surface area contributed by atoms with Crippen LogP contribution in [0.15, 0.2) is 15.5 Å². The van der Waals surface area contributed by atoms with Crippen molar-refractivity contribution in [1.82, 2.24) is 15.4 Å². The summed E-state index contributed by atoms with van der Waals surface area (Å²) in [6.45, 7) is 1.76. The fourth-order valence-electron chi connectivity index (χ4n) is 0.899. The second-order valence-electron chi connectivity index (χ2n) is 2.21. The van der Waals surface area contributed by atoms with Gasteiger partial charge >= 0.3 is 5.56 Å². The number of aromatic amines is 1. The van der Waals surface area contributed by atoms with Crippen LogP contribution >= 0.6 is 0 Å². The molecule has 0 bridgehead atoms. The van der Waals surface area contributed by atoms with Crippen molar-refractivity contribution < 1.29 is 4.52 Å². The lowest BCUT2D eigenvalue weighted by atomic mass is 10.3. The van der Waals surface area contributed by atoms with Crippen molar-refractivity contribution in [1.29, 1.82) is 0 Å². The van der Waals surface area contributed by atoms with E-state index in [-0.39, 0.29) is 11.1 Å². The Hall–Kier alpha value is -1.65. The van der Waals surface area contributed by atoms with Gasteiger partial charge in [-0.1, -0.05) is 5.16 Å². The number of nitrogens with one attached hydrogen (secondary N) is 1. The molecule has 0 saturated heterocycles. The Kier molecular flexibility index (Phi) is 1.06. The van der Waals surface area contributed by atoms with Gasteiger partial charge in [-0.15, -0.1) is 0 Å². The molecule has 1 N–H and O–H groups in total. The molecule has 0 radical (unpaired) electrons. The molecule has 0 atom stereocenters. The average Bonchev–Trinajstić information content (AvgIpc) is 2.35. The Balaban J connectivity index is 3.06. The molecule has 0 aliphatic rings. The van der Waals surface area contributed by atoms with Crippen molar-refractivity contribution in [3.05, 3.63) is 22.2 Å². The Labute approximate surface area is 61.0 Å². The van der Waals surface area contributed by atoms with Crippen LogP contribution in [0.4, 0.5) is 0 Å². The van der Waals surface area contributed by atoms with Crippen molar-refractivity contribution in [3.8, 4) is 0 Å². The van der Waals surface area contributed by atoms with Gasteiger partial charge in [0.1, 0.15) is 0 Å². The Morgan fingerprint density at radius 2 is 2.45 bits per heavy atom. The van der Waals surface area contributed by atoms with Crippen LogP contribution in [0.1, 0.15) is 5.69 Å². The van der Waals surface area contributed by atoms with E-state index in [1.807, 2.05) is 0 Å². The monoisotopic (exact) mass is 151 g/mol. The van der Waals surface area contributed by atoms with Crippen molar-refractivity contribution in [2.75, 3.05) is 0 Å². The zero-order chi connectivity index (χ0) is 7.84. The summed E-state index contributed by atoms with van der Waals surface area (Å²) >= 11 is 0. The maximum absolute atomic E-state index is 10.9. The number of aromatic nitrogens is 3. The molecule has 5 heteroatoms. The average molecular weight is 151 g/mol. The molecule has 5 nitrogen and oxygen atoms in total. The number of rotatable bonds is 0. The van der Waals surface area contributed by atoms with E-state index in [9.17, 15) is 4.79 Å². The smallest absolute Gasteiger partial charge is 0.310 e. The predicted molar refractivity (Wildman–Crippen MR) is 37.2 cm³/mol. The first kappa shape index (κ1) is 6.09. The Bertz CT molecular complexity index is 442. The lowest BCUT2D eigenvalue weighted by molar-refractivity contribution is 0.447. The fourth-order valence-corrected chi connectivity index (χ4v) is 0.899. The summed E-state index contributed by atoms with van der Waals surface area (Å²) in [6.07, 6.45) is 1.52. The zero-order valence-electron chi connectivity index (χ0n) is 5.79. The van der Waals surface area contributed by atoms with Crippen LogP contribution in [-0.2, 0) is 0 Å². The Morgan fingerprint density at radius 3 is 3.18 bits per heavy atom. The Morgan fingerprint density at radius 1 is 1.64 bits per heavy atom. The predicted octanol–water partition coefficient (Wildman–Crippen LogP) is 0.220. The molecule has 0 aromatic carbocycles. The molecule has 2 rings (SSSR count). The summed E-state index contributed by atoms with van der Waals surface area (Å²) in [7, 11) is 0. The van der Waals surface area contributed by atoms with Crippen LogP contribution in [0.3, 0.4) is 0 Å². The van der Waals surface area contributed by atoms with E-state index in [1.54, 1.807) is 6.92 Å². The quantitative estimate of drug-likeness (QED) is 0.584. The van der Waals surface area contributed by atoms with E-state index in [0.29, 0.717) is 11.1 Å². The van der Waals surface area contributed by atoms with Gasteiger partial charge in [0, 0.05) is 0 Å². The molecule has 0 aliphatic carbocycles. The fraction of sp³-hybridized carbons (Fsp3) is 0.167. The van der Waals surface area contributed by atoms with Crippen LogP contribution in [0.2, 0.25) is 0 Å². The second-order valence-corrected chi connectivity index (χ2v) is 2.21. The number of aryl methyl sites for hydroxylation is 1. The van der Waals surface area contributed by atoms with E-state index >= 15 is 0 Å². The third-order valence-corrected chi connectivity index (χ3v) is 1.47. The lowest BCUT2D eigenvalue weighted by Gasteiger charge is -1.82. The van der Waals surface area contributed by atoms with Crippen molar-refractivity contribution in [2.45, 2.75) is 6.92 Å². The van der Waals surface area contributed by atoms with E-state index < -0.39 is 0 Å². The maximum atomic E-state index is 10.9. The minimum Gasteiger partial charge on any atom is -0.350 e. The summed E-state index contributed by atoms with van der Waals surface area (Å²) in [6, 6.07) is 0. The molecule has 2 heterocycles. The molecule has 0 saturated carbocycles. The number of fused-ring (bicyclic) bond motifs is 1. The van der Waals surface area contributed by atoms with Crippen LogP contribution < -0.4 is 5.56 Å². The van der Waals surface area contributed by atoms with Gasteiger partial charge in [-0.05, 0) is 6.92 Å². The molecule has 2 aromatic rings. The van der Waals surface area contributed by atoms with Crippen LogP contribution in [-0.4, -0.2) is 15.4 Å². The standard InChI is InChI=1S/C6H5N3O2/c1-3-4-2-7-8-6(10)5(4)11-9-3/h2H,1H3,(H,8,10). The number of nitrogens with zero attached hydrogens (tertiary/aromatic N) is 2. The van der Waals surface area contributed by atoms with Gasteiger partial charge in [-0.25, -0.2) is 5.10 Å². The first-order chi connectivity index (χ1) is 5.29. The van der Waals surface area contributed by atoms with Crippen LogP contribution in [0.5, 0.6) is 0 Å². The van der Waals surface area contributed by atoms with Crippen molar-refractivity contribution in [2.24, 2.45) is 0 Å². The first-order valence-corrected chi connectivity index (χ1v) is 3.08. The normalized spacial score (nSPS) is 10.6. The molecule has 0 fully saturated rings. The van der Waals surface area contributed by atoms with Gasteiger partial charge in [0.15, 0.2) is 0 Å². The van der Waals surface area contributed by atoms with Crippen LogP contribution in [0, 0.1) is 6.92 Å². The summed E-state index contributed by atoms with van der Waals surface area (Å²) in [5, 5.41) is 10.1. The van der Waals surface area contributed by atoms with Gasteiger partial charge in [0.05, 0.1) is 17.3 Å². The summed E-state index contributed by atoms with van der Waals surface area (Å²) in [4.78, 5) is 10.9. The highest BCUT2D eigenvalue weighted by Crippen LogP contribution is 2.10. The molecule has 0 unspecified atom stereocenters. The van der Waals surface area contributed by atoms with Gasteiger partial charge in [0.2, 0.25) is 5.58 Å². The third kappa shape index (κ3) is 0.739. The number of H-pyrrole nitrogens is 1. The van der Waals surface area contributed by atoms with Crippen molar-refractivity contribution >= 4 is 11.0 Å². The number of hydrogen-bond acceptors (Lipinski definition) is 4. The van der Waals surface area contributed by atoms with Gasteiger partial charge in [0.25, 0.3) is 0 Å². The summed E-state index contributed by atoms with van der Waals surface area (Å²) in [5.41, 5.74) is 0.569. The van der Waals surface area contributed by atoms with Gasteiger partial charge in [-0.3, -0.25) is 4.79 Å². The molecule has 56 valence electrons. The first-order valence-electron chi connectivity index (χ1n) is 3.08. The largest absolute Gasteiger partial charge is 0.350 e.